The lowest BCUT2D eigenvalue weighted by molar-refractivity contribution is -0.141. The number of amides is 1. The van der Waals surface area contributed by atoms with Crippen LogP contribution in [0.3, 0.4) is 0 Å². The number of nitrogens with one attached hydrogen (secondary N) is 1. The molecule has 0 aromatic carbocycles. The summed E-state index contributed by atoms with van der Waals surface area (Å²) in [4.78, 5) is 16.7. The van der Waals surface area contributed by atoms with Gasteiger partial charge in [-0.25, -0.2) is 18.2 Å². The molecule has 0 bridgehead atoms. The summed E-state index contributed by atoms with van der Waals surface area (Å²) >= 11 is 0. The Balaban J connectivity index is 1.97. The number of hydrogen-bond acceptors (Lipinski definition) is 6. The van der Waals surface area contributed by atoms with Gasteiger partial charge >= 0.3 is 12.3 Å². The highest BCUT2D eigenvalue weighted by Gasteiger charge is 2.64. The number of hydrogen-bond donors (Lipinski definition) is 1. The fourth-order valence-corrected chi connectivity index (χ4v) is 5.91. The number of aromatic nitrogens is 1. The minimum Gasteiger partial charge on any atom is -0.444 e. The second-order valence-corrected chi connectivity index (χ2v) is 10.2. The minimum atomic E-state index is -4.68. The monoisotopic (exact) mass is 421 g/mol. The van der Waals surface area contributed by atoms with Crippen molar-refractivity contribution in [3.05, 3.63) is 23.5 Å². The highest BCUT2D eigenvalue weighted by molar-refractivity contribution is 7.92. The molecule has 7 nitrogen and oxygen atoms in total. The van der Waals surface area contributed by atoms with Crippen LogP contribution in [0.2, 0.25) is 0 Å². The Morgan fingerprint density at radius 3 is 2.32 bits per heavy atom. The molecule has 2 saturated heterocycles. The van der Waals surface area contributed by atoms with E-state index in [-0.39, 0.29) is 17.1 Å². The SMILES string of the molecule is Cc1nc(C(F)(F)F)ccc1S(=O)(=O)C1N(C(=O)OC(C)(C)C)CC12CNC2. The lowest BCUT2D eigenvalue weighted by Crippen LogP contribution is -2.79. The van der Waals surface area contributed by atoms with E-state index in [1.165, 1.54) is 6.92 Å². The van der Waals surface area contributed by atoms with E-state index in [0.29, 0.717) is 19.2 Å². The van der Waals surface area contributed by atoms with Gasteiger partial charge in [0.15, 0.2) is 5.37 Å². The largest absolute Gasteiger partial charge is 0.444 e. The second-order valence-electron chi connectivity index (χ2n) is 8.25. The van der Waals surface area contributed by atoms with E-state index in [9.17, 15) is 26.4 Å². The van der Waals surface area contributed by atoms with Gasteiger partial charge in [-0.1, -0.05) is 0 Å². The van der Waals surface area contributed by atoms with Crippen LogP contribution in [0.25, 0.3) is 0 Å². The first kappa shape index (κ1) is 20.8. The molecule has 1 unspecified atom stereocenters. The molecule has 0 saturated carbocycles. The number of alkyl halides is 3. The van der Waals surface area contributed by atoms with Gasteiger partial charge in [0.25, 0.3) is 0 Å². The molecule has 11 heteroatoms. The van der Waals surface area contributed by atoms with E-state index in [0.717, 1.165) is 11.0 Å². The molecule has 1 aromatic heterocycles. The smallest absolute Gasteiger partial charge is 0.433 e. The van der Waals surface area contributed by atoms with Crippen LogP contribution in [0.15, 0.2) is 17.0 Å². The summed E-state index contributed by atoms with van der Waals surface area (Å²) in [5, 5.41) is 1.79. The molecule has 2 fully saturated rings. The molecule has 1 atom stereocenters. The van der Waals surface area contributed by atoms with Crippen LogP contribution in [0.1, 0.15) is 32.2 Å². The standard InChI is InChI=1S/C17H22F3N3O4S/c1-10-11(5-6-12(22-10)17(18,19)20)28(25,26)13-16(7-21-8-16)9-23(13)14(24)27-15(2,3)4/h5-6,13,21H,7-9H2,1-4H3. The van der Waals surface area contributed by atoms with Crippen molar-refractivity contribution < 1.29 is 31.1 Å². The third kappa shape index (κ3) is 3.45. The molecule has 1 spiro atoms. The van der Waals surface area contributed by atoms with Crippen LogP contribution in [0, 0.1) is 12.3 Å². The summed E-state index contributed by atoms with van der Waals surface area (Å²) in [7, 11) is -4.16. The quantitative estimate of drug-likeness (QED) is 0.789. The van der Waals surface area contributed by atoms with Crippen molar-refractivity contribution in [3.63, 3.8) is 0 Å². The maximum absolute atomic E-state index is 13.3. The van der Waals surface area contributed by atoms with Crippen LogP contribution in [-0.2, 0) is 20.8 Å². The van der Waals surface area contributed by atoms with Gasteiger partial charge in [-0.15, -0.1) is 0 Å². The van der Waals surface area contributed by atoms with Crippen molar-refractivity contribution in [1.29, 1.82) is 0 Å². The predicted molar refractivity (Wildman–Crippen MR) is 93.2 cm³/mol. The number of pyridine rings is 1. The fourth-order valence-electron chi connectivity index (χ4n) is 3.56. The Morgan fingerprint density at radius 2 is 1.89 bits per heavy atom. The molecule has 1 aromatic rings. The number of ether oxygens (including phenoxy) is 1. The van der Waals surface area contributed by atoms with E-state index >= 15 is 0 Å². The number of carbonyl (C=O) groups is 1. The first-order chi connectivity index (χ1) is 12.7. The zero-order chi connectivity index (χ0) is 21.1. The maximum Gasteiger partial charge on any atom is 0.433 e. The van der Waals surface area contributed by atoms with Crippen molar-refractivity contribution in [3.8, 4) is 0 Å². The van der Waals surface area contributed by atoms with Gasteiger partial charge in [-0.2, -0.15) is 13.2 Å². The van der Waals surface area contributed by atoms with Gasteiger partial charge < -0.3 is 10.1 Å². The number of rotatable bonds is 2. The summed E-state index contributed by atoms with van der Waals surface area (Å²) in [6.07, 6.45) is -5.44. The Kier molecular flexibility index (Phi) is 4.70. The first-order valence-corrected chi connectivity index (χ1v) is 10.2. The number of sulfone groups is 1. The molecule has 28 heavy (non-hydrogen) atoms. The molecule has 0 radical (unpaired) electrons. The van der Waals surface area contributed by atoms with Crippen molar-refractivity contribution in [1.82, 2.24) is 15.2 Å². The van der Waals surface area contributed by atoms with E-state index in [4.69, 9.17) is 4.74 Å². The minimum absolute atomic E-state index is 0.200. The Hall–Kier alpha value is -1.88. The molecular weight excluding hydrogens is 399 g/mol. The van der Waals surface area contributed by atoms with E-state index in [2.05, 4.69) is 10.3 Å². The van der Waals surface area contributed by atoms with Gasteiger partial charge in [0.1, 0.15) is 11.3 Å². The predicted octanol–water partition coefficient (Wildman–Crippen LogP) is 2.35. The van der Waals surface area contributed by atoms with Crippen molar-refractivity contribution in [2.24, 2.45) is 5.41 Å². The van der Waals surface area contributed by atoms with Crippen molar-refractivity contribution >= 4 is 15.9 Å². The average Bonchev–Trinajstić information content (AvgIpc) is 2.40. The fraction of sp³-hybridized carbons (Fsp3) is 0.647. The van der Waals surface area contributed by atoms with E-state index in [1.807, 2.05) is 0 Å². The number of likely N-dealkylation sites (tertiary alicyclic amines) is 1. The van der Waals surface area contributed by atoms with E-state index in [1.54, 1.807) is 20.8 Å². The molecule has 3 heterocycles. The normalized spacial score (nSPS) is 21.8. The average molecular weight is 421 g/mol. The summed E-state index contributed by atoms with van der Waals surface area (Å²) in [6.45, 7) is 7.19. The zero-order valence-corrected chi connectivity index (χ0v) is 16.7. The third-order valence-corrected chi connectivity index (χ3v) is 7.19. The summed E-state index contributed by atoms with van der Waals surface area (Å²) in [5.41, 5.74) is -2.90. The lowest BCUT2D eigenvalue weighted by Gasteiger charge is -2.60. The van der Waals surface area contributed by atoms with Gasteiger partial charge in [0, 0.05) is 25.0 Å². The summed E-state index contributed by atoms with van der Waals surface area (Å²) in [6, 6.07) is 1.55. The van der Waals surface area contributed by atoms with Gasteiger partial charge in [-0.3, -0.25) is 4.90 Å². The Labute approximate surface area is 161 Å². The van der Waals surface area contributed by atoms with Gasteiger partial charge in [0.2, 0.25) is 9.84 Å². The number of halogens is 3. The number of carbonyl (C=O) groups excluding carboxylic acids is 1. The molecular formula is C17H22F3N3O4S. The third-order valence-electron chi connectivity index (χ3n) is 4.80. The molecule has 3 rings (SSSR count). The molecule has 1 amide bonds. The Morgan fingerprint density at radius 1 is 1.29 bits per heavy atom. The van der Waals surface area contributed by atoms with Crippen LogP contribution in [-0.4, -0.2) is 55.0 Å². The highest BCUT2D eigenvalue weighted by Crippen LogP contribution is 2.47. The van der Waals surface area contributed by atoms with Crippen LogP contribution < -0.4 is 5.32 Å². The van der Waals surface area contributed by atoms with E-state index < -0.39 is 44.2 Å². The second kappa shape index (κ2) is 6.31. The van der Waals surface area contributed by atoms with Crippen LogP contribution in [0.5, 0.6) is 0 Å². The lowest BCUT2D eigenvalue weighted by atomic mass is 9.74. The van der Waals surface area contributed by atoms with Crippen molar-refractivity contribution in [2.75, 3.05) is 19.6 Å². The first-order valence-electron chi connectivity index (χ1n) is 8.66. The van der Waals surface area contributed by atoms with Gasteiger partial charge in [-0.05, 0) is 39.8 Å². The molecule has 1 N–H and O–H groups in total. The highest BCUT2D eigenvalue weighted by atomic mass is 32.2. The van der Waals surface area contributed by atoms with Crippen LogP contribution in [0.4, 0.5) is 18.0 Å². The summed E-state index contributed by atoms with van der Waals surface area (Å²) in [5.74, 6) is 0. The van der Waals surface area contributed by atoms with Crippen LogP contribution >= 0.6 is 0 Å². The number of nitrogens with zero attached hydrogens (tertiary/aromatic N) is 2. The molecule has 156 valence electrons. The maximum atomic E-state index is 13.3. The molecule has 2 aliphatic heterocycles. The summed E-state index contributed by atoms with van der Waals surface area (Å²) < 4.78 is 70.4. The topological polar surface area (TPSA) is 88.6 Å². The van der Waals surface area contributed by atoms with Gasteiger partial charge in [0.05, 0.1) is 10.6 Å². The molecule has 2 aliphatic rings. The molecule has 0 aliphatic carbocycles. The van der Waals surface area contributed by atoms with Crippen molar-refractivity contribution in [2.45, 2.75) is 49.7 Å². The number of aryl methyl sites for hydroxylation is 1. The Bertz CT molecular complexity index is 905. The zero-order valence-electron chi connectivity index (χ0n) is 15.9.